The van der Waals surface area contributed by atoms with Crippen LogP contribution in [0.1, 0.15) is 39.0 Å². The second-order valence-corrected chi connectivity index (χ2v) is 7.40. The zero-order valence-electron chi connectivity index (χ0n) is 10.6. The molecular weight excluding hydrogens is 226 g/mol. The molecule has 0 aromatic carbocycles. The molecule has 4 rings (SSSR count). The molecule has 4 bridgehead atoms. The maximum absolute atomic E-state index is 8.98. The van der Waals surface area contributed by atoms with Crippen LogP contribution in [0.25, 0.3) is 0 Å². The summed E-state index contributed by atoms with van der Waals surface area (Å²) in [6, 6.07) is 2.28. The van der Waals surface area contributed by atoms with E-state index < -0.39 is 0 Å². The summed E-state index contributed by atoms with van der Waals surface area (Å²) in [5.74, 6) is 5.73. The summed E-state index contributed by atoms with van der Waals surface area (Å²) < 4.78 is 0. The molecule has 0 radical (unpaired) electrons. The third-order valence-electron chi connectivity index (χ3n) is 5.07. The maximum Gasteiger partial charge on any atom is 0.0920 e. The van der Waals surface area contributed by atoms with Gasteiger partial charge in [0.25, 0.3) is 0 Å². The maximum atomic E-state index is 8.98. The lowest BCUT2D eigenvalue weighted by Gasteiger charge is -2.54. The second kappa shape index (κ2) is 4.69. The number of hydrogen-bond acceptors (Lipinski definition) is 2. The smallest absolute Gasteiger partial charge is 0.0920 e. The molecule has 2 heteroatoms. The molecule has 0 atom stereocenters. The van der Waals surface area contributed by atoms with Gasteiger partial charge in [-0.25, -0.2) is 0 Å². The van der Waals surface area contributed by atoms with Crippen LogP contribution in [0.15, 0.2) is 11.0 Å². The molecule has 0 N–H and O–H groups in total. The molecule has 0 aromatic rings. The first-order valence-electron chi connectivity index (χ1n) is 7.04. The monoisotopic (exact) mass is 247 g/mol. The van der Waals surface area contributed by atoms with E-state index in [2.05, 4.69) is 13.0 Å². The molecule has 0 unspecified atom stereocenters. The van der Waals surface area contributed by atoms with E-state index in [0.29, 0.717) is 0 Å². The minimum absolute atomic E-state index is 0.743. The molecule has 17 heavy (non-hydrogen) atoms. The van der Waals surface area contributed by atoms with Crippen LogP contribution < -0.4 is 0 Å². The van der Waals surface area contributed by atoms with Crippen molar-refractivity contribution in [1.29, 1.82) is 5.26 Å². The van der Waals surface area contributed by atoms with Gasteiger partial charge in [0, 0.05) is 6.08 Å². The lowest BCUT2D eigenvalue weighted by atomic mass is 9.52. The molecule has 4 fully saturated rings. The predicted octanol–water partition coefficient (Wildman–Crippen LogP) is 4.22. The van der Waals surface area contributed by atoms with E-state index in [9.17, 15) is 0 Å². The quantitative estimate of drug-likeness (QED) is 0.697. The van der Waals surface area contributed by atoms with Crippen molar-refractivity contribution < 1.29 is 0 Å². The zero-order valence-corrected chi connectivity index (χ0v) is 11.4. The third-order valence-corrected chi connectivity index (χ3v) is 6.09. The van der Waals surface area contributed by atoms with Gasteiger partial charge in [-0.05, 0) is 72.4 Å². The normalized spacial score (nSPS) is 43.8. The van der Waals surface area contributed by atoms with Gasteiger partial charge in [-0.15, -0.1) is 11.8 Å². The molecule has 0 saturated heterocycles. The molecule has 4 saturated carbocycles. The van der Waals surface area contributed by atoms with Crippen molar-refractivity contribution in [2.75, 3.05) is 5.75 Å². The lowest BCUT2D eigenvalue weighted by Crippen LogP contribution is -2.45. The Morgan fingerprint density at radius 3 is 2.24 bits per heavy atom. The topological polar surface area (TPSA) is 23.8 Å². The molecule has 1 nitrogen and oxygen atoms in total. The number of hydrogen-bond donors (Lipinski definition) is 0. The third kappa shape index (κ3) is 2.03. The number of allylic oxidation sites excluding steroid dienone is 2. The second-order valence-electron chi connectivity index (χ2n) is 6.07. The Kier molecular flexibility index (Phi) is 3.21. The SMILES string of the molecule is CCS/C(=C\C#N)C1C2CC3CC(C2)CC1C3. The van der Waals surface area contributed by atoms with E-state index in [1.807, 2.05) is 17.8 Å². The molecule has 0 aromatic heterocycles. The zero-order chi connectivity index (χ0) is 11.8. The average molecular weight is 247 g/mol. The first-order valence-corrected chi connectivity index (χ1v) is 8.02. The van der Waals surface area contributed by atoms with Crippen molar-refractivity contribution in [1.82, 2.24) is 0 Å². The molecule has 0 spiro atoms. The first-order chi connectivity index (χ1) is 8.31. The van der Waals surface area contributed by atoms with Gasteiger partial charge in [0.05, 0.1) is 6.07 Å². The van der Waals surface area contributed by atoms with Crippen LogP contribution >= 0.6 is 11.8 Å². The van der Waals surface area contributed by atoms with Crippen LogP contribution in [-0.4, -0.2) is 5.75 Å². The Morgan fingerprint density at radius 1 is 1.18 bits per heavy atom. The van der Waals surface area contributed by atoms with Crippen LogP contribution in [-0.2, 0) is 0 Å². The molecule has 92 valence electrons. The van der Waals surface area contributed by atoms with Crippen LogP contribution in [0, 0.1) is 40.9 Å². The minimum atomic E-state index is 0.743. The molecule has 4 aliphatic carbocycles. The Balaban J connectivity index is 1.83. The Morgan fingerprint density at radius 2 is 1.76 bits per heavy atom. The van der Waals surface area contributed by atoms with Gasteiger partial charge in [-0.1, -0.05) is 6.92 Å². The van der Waals surface area contributed by atoms with E-state index in [0.717, 1.165) is 35.3 Å². The summed E-state index contributed by atoms with van der Waals surface area (Å²) >= 11 is 1.92. The Labute approximate surface area is 109 Å². The van der Waals surface area contributed by atoms with Gasteiger partial charge < -0.3 is 0 Å². The van der Waals surface area contributed by atoms with Gasteiger partial charge in [-0.3, -0.25) is 0 Å². The van der Waals surface area contributed by atoms with E-state index >= 15 is 0 Å². The number of nitrogens with zero attached hydrogens (tertiary/aromatic N) is 1. The highest BCUT2D eigenvalue weighted by atomic mass is 32.2. The highest BCUT2D eigenvalue weighted by Gasteiger charge is 2.49. The summed E-state index contributed by atoms with van der Waals surface area (Å²) in [5.41, 5.74) is 0. The highest BCUT2D eigenvalue weighted by molar-refractivity contribution is 8.03. The standard InChI is InChI=1S/C15H21NS/c1-2-17-14(3-4-16)15-12-6-10-5-11(8-12)9-13(15)7-10/h3,10-13,15H,2,5-9H2,1H3/b14-3-. The molecular formula is C15H21NS. The highest BCUT2D eigenvalue weighted by Crippen LogP contribution is 2.59. The first kappa shape index (κ1) is 11.7. The summed E-state index contributed by atoms with van der Waals surface area (Å²) in [6.45, 7) is 2.20. The van der Waals surface area contributed by atoms with Crippen molar-refractivity contribution in [3.63, 3.8) is 0 Å². The van der Waals surface area contributed by atoms with Gasteiger partial charge in [0.2, 0.25) is 0 Å². The van der Waals surface area contributed by atoms with Gasteiger partial charge in [-0.2, -0.15) is 5.26 Å². The summed E-state index contributed by atoms with van der Waals surface area (Å²) in [4.78, 5) is 1.41. The van der Waals surface area contributed by atoms with Gasteiger partial charge in [0.15, 0.2) is 0 Å². The van der Waals surface area contributed by atoms with Gasteiger partial charge in [0.1, 0.15) is 0 Å². The van der Waals surface area contributed by atoms with Gasteiger partial charge >= 0.3 is 0 Å². The van der Waals surface area contributed by atoms with E-state index in [4.69, 9.17) is 5.26 Å². The molecule has 0 aliphatic heterocycles. The average Bonchev–Trinajstić information content (AvgIpc) is 2.28. The van der Waals surface area contributed by atoms with Crippen LogP contribution in [0.4, 0.5) is 0 Å². The van der Waals surface area contributed by atoms with Crippen molar-refractivity contribution in [2.24, 2.45) is 29.6 Å². The number of rotatable bonds is 3. The summed E-state index contributed by atoms with van der Waals surface area (Å²) in [5, 5.41) is 8.98. The van der Waals surface area contributed by atoms with Crippen LogP contribution in [0.2, 0.25) is 0 Å². The van der Waals surface area contributed by atoms with Crippen molar-refractivity contribution in [3.8, 4) is 6.07 Å². The Bertz CT molecular complexity index is 338. The van der Waals surface area contributed by atoms with Crippen LogP contribution in [0.5, 0.6) is 0 Å². The predicted molar refractivity (Wildman–Crippen MR) is 72.4 cm³/mol. The lowest BCUT2D eigenvalue weighted by molar-refractivity contribution is -0.0175. The fourth-order valence-corrected chi connectivity index (χ4v) is 5.90. The van der Waals surface area contributed by atoms with E-state index in [-0.39, 0.29) is 0 Å². The summed E-state index contributed by atoms with van der Waals surface area (Å²) in [7, 11) is 0. The fourth-order valence-electron chi connectivity index (χ4n) is 4.85. The number of nitriles is 1. The number of thioether (sulfide) groups is 1. The molecule has 0 amide bonds. The largest absolute Gasteiger partial charge is 0.193 e. The van der Waals surface area contributed by atoms with E-state index in [1.165, 1.54) is 37.0 Å². The molecule has 4 aliphatic rings. The molecule has 0 heterocycles. The van der Waals surface area contributed by atoms with Crippen molar-refractivity contribution in [3.05, 3.63) is 11.0 Å². The fraction of sp³-hybridized carbons (Fsp3) is 0.800. The summed E-state index contributed by atoms with van der Waals surface area (Å²) in [6.07, 6.45) is 9.16. The van der Waals surface area contributed by atoms with Crippen molar-refractivity contribution >= 4 is 11.8 Å². The van der Waals surface area contributed by atoms with Crippen molar-refractivity contribution in [2.45, 2.75) is 39.0 Å². The Hall–Kier alpha value is -0.420. The minimum Gasteiger partial charge on any atom is -0.193 e. The van der Waals surface area contributed by atoms with E-state index in [1.54, 1.807) is 0 Å². The van der Waals surface area contributed by atoms with Crippen LogP contribution in [0.3, 0.4) is 0 Å².